The maximum absolute atomic E-state index is 13.8. The number of aryl methyl sites for hydroxylation is 2. The van der Waals surface area contributed by atoms with Gasteiger partial charge in [-0.25, -0.2) is 9.78 Å². The van der Waals surface area contributed by atoms with Crippen LogP contribution in [0, 0.1) is 5.41 Å². The molecule has 0 aliphatic carbocycles. The van der Waals surface area contributed by atoms with Crippen molar-refractivity contribution in [2.75, 3.05) is 0 Å². The first-order valence-corrected chi connectivity index (χ1v) is 13.4. The minimum Gasteiger partial charge on any atom is -0.463 e. The van der Waals surface area contributed by atoms with E-state index in [0.29, 0.717) is 36.2 Å². The Hall–Kier alpha value is -4.07. The Morgan fingerprint density at radius 1 is 1.05 bits per heavy atom. The molecule has 0 unspecified atom stereocenters. The average Bonchev–Trinajstić information content (AvgIpc) is 2.89. The van der Waals surface area contributed by atoms with E-state index in [1.54, 1.807) is 16.7 Å². The number of ketones is 1. The first-order valence-electron chi connectivity index (χ1n) is 13.4. The van der Waals surface area contributed by atoms with E-state index in [2.05, 4.69) is 11.9 Å². The number of hydrogen-bond acceptors (Lipinski definition) is 4. The molecule has 8 heteroatoms. The van der Waals surface area contributed by atoms with Gasteiger partial charge in [0.2, 0.25) is 0 Å². The zero-order chi connectivity index (χ0) is 28.7. The van der Waals surface area contributed by atoms with Gasteiger partial charge in [0, 0.05) is 29.4 Å². The fraction of sp³-hybridized carbons (Fsp3) is 0.387. The highest BCUT2D eigenvalue weighted by atomic mass is 16.4. The lowest BCUT2D eigenvalue weighted by Crippen LogP contribution is -2.36. The Kier molecular flexibility index (Phi) is 9.56. The molecule has 0 saturated heterocycles. The maximum atomic E-state index is 13.8. The smallest absolute Gasteiger partial charge is 0.433 e. The highest BCUT2D eigenvalue weighted by Gasteiger charge is 2.24. The van der Waals surface area contributed by atoms with E-state index in [1.807, 2.05) is 64.1 Å². The molecule has 0 aliphatic rings. The van der Waals surface area contributed by atoms with Gasteiger partial charge < -0.3 is 10.8 Å². The molecule has 0 fully saturated rings. The van der Waals surface area contributed by atoms with E-state index in [0.717, 1.165) is 35.2 Å². The zero-order valence-corrected chi connectivity index (χ0v) is 23.5. The fourth-order valence-corrected chi connectivity index (χ4v) is 4.36. The number of aromatic nitrogens is 2. The normalized spacial score (nSPS) is 12.0. The standard InChI is InChI=1S/C31H38N4O4/c1-6-8-13-25-24(29(37)35(27(7-2)33-25)19-26(36)31(3,4)5)18-20-14-16-21(17-15-20)22-11-9-10-12-23(22)28(32)34-30(38)39/h9-12,14-17H,6-8,13,18-19H2,1-5H3,(H2,32,34)(H,38,39). The highest BCUT2D eigenvalue weighted by molar-refractivity contribution is 6.07. The molecule has 0 radical (unpaired) electrons. The number of amidine groups is 1. The Morgan fingerprint density at radius 3 is 2.31 bits per heavy atom. The molecular weight excluding hydrogens is 492 g/mol. The van der Waals surface area contributed by atoms with Gasteiger partial charge in [0.15, 0.2) is 5.78 Å². The summed E-state index contributed by atoms with van der Waals surface area (Å²) in [6, 6.07) is 14.9. The third-order valence-electron chi connectivity index (χ3n) is 6.71. The van der Waals surface area contributed by atoms with Crippen molar-refractivity contribution in [3.63, 3.8) is 0 Å². The largest absolute Gasteiger partial charge is 0.463 e. The van der Waals surface area contributed by atoms with Gasteiger partial charge in [-0.05, 0) is 29.5 Å². The summed E-state index contributed by atoms with van der Waals surface area (Å²) in [7, 11) is 0. The number of amides is 1. The summed E-state index contributed by atoms with van der Waals surface area (Å²) >= 11 is 0. The number of carboxylic acid groups (broad SMARTS) is 1. The van der Waals surface area contributed by atoms with Gasteiger partial charge in [-0.1, -0.05) is 89.6 Å². The second-order valence-corrected chi connectivity index (χ2v) is 10.7. The Morgan fingerprint density at radius 2 is 1.72 bits per heavy atom. The Bertz CT molecular complexity index is 1430. The second kappa shape index (κ2) is 12.7. The molecule has 2 aromatic carbocycles. The third-order valence-corrected chi connectivity index (χ3v) is 6.71. The first-order chi connectivity index (χ1) is 18.5. The SMILES string of the molecule is CCCCc1nc(CC)n(CC(=O)C(C)(C)C)c(=O)c1Cc1ccc(-c2ccccc2/C(N)=N/C(=O)O)cc1. The highest BCUT2D eigenvalue weighted by Crippen LogP contribution is 2.25. The minimum atomic E-state index is -1.35. The predicted molar refractivity (Wildman–Crippen MR) is 154 cm³/mol. The number of nitrogens with two attached hydrogens (primary N) is 1. The van der Waals surface area contributed by atoms with E-state index in [4.69, 9.17) is 15.8 Å². The molecule has 3 rings (SSSR count). The lowest BCUT2D eigenvalue weighted by molar-refractivity contribution is -0.127. The summed E-state index contributed by atoms with van der Waals surface area (Å²) < 4.78 is 1.55. The van der Waals surface area contributed by atoms with Crippen LogP contribution in [-0.4, -0.2) is 32.4 Å². The second-order valence-electron chi connectivity index (χ2n) is 10.7. The molecular formula is C31H38N4O4. The van der Waals surface area contributed by atoms with Crippen molar-refractivity contribution in [1.82, 2.24) is 9.55 Å². The molecule has 3 N–H and O–H groups in total. The topological polar surface area (TPSA) is 128 Å². The van der Waals surface area contributed by atoms with Gasteiger partial charge in [0.25, 0.3) is 5.56 Å². The van der Waals surface area contributed by atoms with E-state index in [-0.39, 0.29) is 23.7 Å². The van der Waals surface area contributed by atoms with Gasteiger partial charge in [-0.15, -0.1) is 0 Å². The molecule has 1 amide bonds. The summed E-state index contributed by atoms with van der Waals surface area (Å²) in [4.78, 5) is 46.0. The van der Waals surface area contributed by atoms with E-state index < -0.39 is 11.5 Å². The van der Waals surface area contributed by atoms with Crippen molar-refractivity contribution in [3.8, 4) is 11.1 Å². The predicted octanol–water partition coefficient (Wildman–Crippen LogP) is 5.40. The number of benzene rings is 2. The molecule has 206 valence electrons. The quantitative estimate of drug-likeness (QED) is 0.267. The van der Waals surface area contributed by atoms with Gasteiger partial charge in [0.05, 0.1) is 12.2 Å². The van der Waals surface area contributed by atoms with Crippen LogP contribution in [0.4, 0.5) is 4.79 Å². The van der Waals surface area contributed by atoms with Crippen molar-refractivity contribution in [2.24, 2.45) is 16.1 Å². The van der Waals surface area contributed by atoms with Crippen LogP contribution < -0.4 is 11.3 Å². The summed E-state index contributed by atoms with van der Waals surface area (Å²) in [5.74, 6) is 0.553. The van der Waals surface area contributed by atoms with Crippen LogP contribution in [0.15, 0.2) is 58.3 Å². The molecule has 1 aromatic heterocycles. The van der Waals surface area contributed by atoms with E-state index in [9.17, 15) is 14.4 Å². The van der Waals surface area contributed by atoms with Crippen LogP contribution in [0.25, 0.3) is 11.1 Å². The molecule has 3 aromatic rings. The molecule has 0 spiro atoms. The molecule has 39 heavy (non-hydrogen) atoms. The van der Waals surface area contributed by atoms with Crippen molar-refractivity contribution >= 4 is 17.7 Å². The zero-order valence-electron chi connectivity index (χ0n) is 23.5. The van der Waals surface area contributed by atoms with Gasteiger partial charge in [-0.3, -0.25) is 14.2 Å². The molecule has 8 nitrogen and oxygen atoms in total. The lowest BCUT2D eigenvalue weighted by atomic mass is 9.90. The summed E-state index contributed by atoms with van der Waals surface area (Å²) in [5, 5.41) is 9.00. The van der Waals surface area contributed by atoms with Crippen LogP contribution in [0.1, 0.15) is 75.7 Å². The van der Waals surface area contributed by atoms with Gasteiger partial charge in [0.1, 0.15) is 11.7 Å². The number of unbranched alkanes of at least 4 members (excludes halogenated alkanes) is 1. The molecule has 0 atom stereocenters. The van der Waals surface area contributed by atoms with E-state index >= 15 is 0 Å². The number of carbonyl (C=O) groups is 2. The molecule has 1 heterocycles. The number of rotatable bonds is 10. The number of hydrogen-bond donors (Lipinski definition) is 2. The molecule has 0 aliphatic heterocycles. The van der Waals surface area contributed by atoms with Crippen molar-refractivity contribution in [3.05, 3.63) is 87.1 Å². The number of nitrogens with zero attached hydrogens (tertiary/aromatic N) is 3. The maximum Gasteiger partial charge on any atom is 0.433 e. The van der Waals surface area contributed by atoms with Crippen molar-refractivity contribution < 1.29 is 14.7 Å². The number of Topliss-reactive ketones (excluding diaryl/α,β-unsaturated/α-hetero) is 1. The lowest BCUT2D eigenvalue weighted by Gasteiger charge is -2.21. The minimum absolute atomic E-state index is 0.00854. The number of aliphatic imine (C=N–C) groups is 1. The van der Waals surface area contributed by atoms with Crippen LogP contribution in [0.3, 0.4) is 0 Å². The van der Waals surface area contributed by atoms with E-state index in [1.165, 1.54) is 0 Å². The van der Waals surface area contributed by atoms with Crippen molar-refractivity contribution in [1.29, 1.82) is 0 Å². The summed E-state index contributed by atoms with van der Waals surface area (Å²) in [6.07, 6.45) is 2.21. The Balaban J connectivity index is 2.02. The Labute approximate surface area is 229 Å². The monoisotopic (exact) mass is 530 g/mol. The van der Waals surface area contributed by atoms with Crippen LogP contribution in [0.5, 0.6) is 0 Å². The summed E-state index contributed by atoms with van der Waals surface area (Å²) in [5.41, 5.74) is 9.70. The first kappa shape index (κ1) is 29.5. The number of carbonyl (C=O) groups excluding carboxylic acids is 1. The van der Waals surface area contributed by atoms with Crippen LogP contribution in [-0.2, 0) is 30.6 Å². The summed E-state index contributed by atoms with van der Waals surface area (Å²) in [6.45, 7) is 9.64. The molecule has 0 bridgehead atoms. The van der Waals surface area contributed by atoms with Crippen LogP contribution in [0.2, 0.25) is 0 Å². The van der Waals surface area contributed by atoms with Gasteiger partial charge in [-0.2, -0.15) is 4.99 Å². The molecule has 0 saturated carbocycles. The average molecular weight is 531 g/mol. The van der Waals surface area contributed by atoms with Gasteiger partial charge >= 0.3 is 6.09 Å². The fourth-order valence-electron chi connectivity index (χ4n) is 4.36. The van der Waals surface area contributed by atoms with Crippen molar-refractivity contribution in [2.45, 2.75) is 73.3 Å². The van der Waals surface area contributed by atoms with Crippen LogP contribution >= 0.6 is 0 Å². The third kappa shape index (κ3) is 7.28.